The fourth-order valence-corrected chi connectivity index (χ4v) is 4.98. The van der Waals surface area contributed by atoms with Crippen molar-refractivity contribution in [3.8, 4) is 11.4 Å². The molecule has 0 saturated heterocycles. The topological polar surface area (TPSA) is 151 Å². The first-order chi connectivity index (χ1) is 20.7. The number of hydrogen-bond donors (Lipinski definition) is 4. The quantitative estimate of drug-likeness (QED) is 0.161. The zero-order valence-electron chi connectivity index (χ0n) is 23.6. The first kappa shape index (κ1) is 30.0. The van der Waals surface area contributed by atoms with E-state index in [1.54, 1.807) is 19.2 Å². The molecule has 43 heavy (non-hydrogen) atoms. The largest absolute Gasteiger partial charge is 0.497 e. The number of amides is 2. The van der Waals surface area contributed by atoms with E-state index >= 15 is 0 Å². The fourth-order valence-electron chi connectivity index (χ4n) is 4.85. The molecule has 1 atom stereocenters. The number of ether oxygens (including phenoxy) is 1. The molecule has 5 rings (SSSR count). The van der Waals surface area contributed by atoms with Crippen LogP contribution in [0.5, 0.6) is 5.75 Å². The number of methoxy groups -OCH3 is 1. The van der Waals surface area contributed by atoms with E-state index < -0.39 is 13.2 Å². The SMILES string of the molecule is COc1ccc2c(c1)C(c1ccc(Cl)cc1)=N[C@@H](CC(=O)NCCCNC(=O)c1ccc(B(O)O)cc1)c1nnc(C)n1-2. The van der Waals surface area contributed by atoms with Crippen LogP contribution >= 0.6 is 11.6 Å². The third-order valence-electron chi connectivity index (χ3n) is 7.06. The molecular weight excluding hydrogens is 571 g/mol. The van der Waals surface area contributed by atoms with Crippen molar-refractivity contribution in [1.29, 1.82) is 0 Å². The maximum absolute atomic E-state index is 13.1. The summed E-state index contributed by atoms with van der Waals surface area (Å²) in [5.74, 6) is 1.37. The molecule has 0 unspecified atom stereocenters. The second-order valence-electron chi connectivity index (χ2n) is 9.98. The second kappa shape index (κ2) is 13.2. The summed E-state index contributed by atoms with van der Waals surface area (Å²) in [6.07, 6.45) is 0.547. The number of aryl methyl sites for hydroxylation is 1. The van der Waals surface area contributed by atoms with Crippen LogP contribution in [0.1, 0.15) is 52.0 Å². The smallest absolute Gasteiger partial charge is 0.488 e. The molecule has 220 valence electrons. The van der Waals surface area contributed by atoms with Crippen LogP contribution in [0.25, 0.3) is 5.69 Å². The summed E-state index contributed by atoms with van der Waals surface area (Å²) < 4.78 is 7.43. The van der Waals surface area contributed by atoms with Gasteiger partial charge >= 0.3 is 7.12 Å². The van der Waals surface area contributed by atoms with E-state index in [0.29, 0.717) is 58.7 Å². The summed E-state index contributed by atoms with van der Waals surface area (Å²) in [7, 11) is 0.0139. The molecule has 1 aromatic heterocycles. The Balaban J connectivity index is 1.28. The van der Waals surface area contributed by atoms with Crippen molar-refractivity contribution in [3.05, 3.63) is 100 Å². The number of rotatable bonds is 10. The monoisotopic (exact) mass is 600 g/mol. The predicted molar refractivity (Wildman–Crippen MR) is 163 cm³/mol. The molecule has 0 fully saturated rings. The van der Waals surface area contributed by atoms with Crippen LogP contribution in [0, 0.1) is 6.92 Å². The Morgan fingerprint density at radius 2 is 1.72 bits per heavy atom. The van der Waals surface area contributed by atoms with E-state index in [2.05, 4.69) is 20.8 Å². The number of aliphatic imine (C=N–C) groups is 1. The Morgan fingerprint density at radius 1 is 1.00 bits per heavy atom. The van der Waals surface area contributed by atoms with Gasteiger partial charge in [-0.2, -0.15) is 0 Å². The lowest BCUT2D eigenvalue weighted by molar-refractivity contribution is -0.121. The van der Waals surface area contributed by atoms with Crippen molar-refractivity contribution in [2.24, 2.45) is 4.99 Å². The molecule has 0 saturated carbocycles. The van der Waals surface area contributed by atoms with Crippen LogP contribution in [0.15, 0.2) is 71.7 Å². The predicted octanol–water partition coefficient (Wildman–Crippen LogP) is 2.14. The van der Waals surface area contributed by atoms with Crippen LogP contribution < -0.4 is 20.8 Å². The number of halogens is 1. The summed E-state index contributed by atoms with van der Waals surface area (Å²) in [5.41, 5.74) is 3.85. The fraction of sp³-hybridized carbons (Fsp3) is 0.233. The van der Waals surface area contributed by atoms with Gasteiger partial charge in [-0.1, -0.05) is 35.9 Å². The van der Waals surface area contributed by atoms with Crippen molar-refractivity contribution in [2.45, 2.75) is 25.8 Å². The molecule has 4 aromatic rings. The minimum absolute atomic E-state index is 0.0375. The molecule has 3 aromatic carbocycles. The molecule has 11 nitrogen and oxygen atoms in total. The summed E-state index contributed by atoms with van der Waals surface area (Å²) >= 11 is 6.16. The zero-order chi connectivity index (χ0) is 30.5. The van der Waals surface area contributed by atoms with E-state index in [0.717, 1.165) is 16.8 Å². The van der Waals surface area contributed by atoms with Gasteiger partial charge in [0.1, 0.15) is 17.6 Å². The number of nitrogens with one attached hydrogen (secondary N) is 2. The molecule has 13 heteroatoms. The van der Waals surface area contributed by atoms with E-state index in [4.69, 9.17) is 21.3 Å². The van der Waals surface area contributed by atoms with Crippen molar-refractivity contribution in [3.63, 3.8) is 0 Å². The first-order valence-corrected chi connectivity index (χ1v) is 14.1. The van der Waals surface area contributed by atoms with Crippen molar-refractivity contribution >= 4 is 41.7 Å². The van der Waals surface area contributed by atoms with Gasteiger partial charge in [-0.15, -0.1) is 10.2 Å². The third kappa shape index (κ3) is 6.77. The number of fused-ring (bicyclic) bond motifs is 3. The van der Waals surface area contributed by atoms with Crippen LogP contribution in [-0.2, 0) is 4.79 Å². The number of benzene rings is 3. The van der Waals surface area contributed by atoms with Gasteiger partial charge in [0.25, 0.3) is 5.91 Å². The van der Waals surface area contributed by atoms with Gasteiger partial charge in [0.05, 0.1) is 24.9 Å². The summed E-state index contributed by atoms with van der Waals surface area (Å²) in [5, 5.41) is 33.4. The average molecular weight is 601 g/mol. The van der Waals surface area contributed by atoms with E-state index in [1.807, 2.05) is 41.8 Å². The van der Waals surface area contributed by atoms with Gasteiger partial charge in [-0.3, -0.25) is 19.1 Å². The molecule has 0 bridgehead atoms. The van der Waals surface area contributed by atoms with E-state index in [1.165, 1.54) is 24.3 Å². The van der Waals surface area contributed by atoms with Crippen LogP contribution in [-0.4, -0.2) is 69.7 Å². The van der Waals surface area contributed by atoms with Crippen LogP contribution in [0.2, 0.25) is 5.02 Å². The molecule has 0 radical (unpaired) electrons. The van der Waals surface area contributed by atoms with Crippen LogP contribution in [0.3, 0.4) is 0 Å². The number of carbonyl (C=O) groups excluding carboxylic acids is 2. The number of carbonyl (C=O) groups is 2. The summed E-state index contributed by atoms with van der Waals surface area (Å²) in [4.78, 5) is 30.5. The van der Waals surface area contributed by atoms with Crippen molar-refractivity contribution < 1.29 is 24.4 Å². The maximum Gasteiger partial charge on any atom is 0.488 e. The molecule has 2 amide bonds. The lowest BCUT2D eigenvalue weighted by atomic mass is 9.80. The summed E-state index contributed by atoms with van der Waals surface area (Å²) in [6.45, 7) is 2.54. The lowest BCUT2D eigenvalue weighted by Crippen LogP contribution is -2.32. The molecule has 1 aliphatic rings. The molecule has 2 heterocycles. The van der Waals surface area contributed by atoms with Gasteiger partial charge in [0.15, 0.2) is 5.82 Å². The number of hydrogen-bond acceptors (Lipinski definition) is 8. The standard InChI is InChI=1S/C30H30BClN6O5/c1-18-36-37-29-25(17-27(39)33-14-3-15-34-30(40)20-4-8-21(9-5-20)31(41)42)35-28(19-6-10-22(32)11-7-19)24-16-23(43-2)12-13-26(24)38(18)29/h4-13,16,25,41-42H,3,14-15,17H2,1-2H3,(H,33,39)(H,34,40)/t25-/m0/s1. The Morgan fingerprint density at radius 3 is 2.42 bits per heavy atom. The van der Waals surface area contributed by atoms with Crippen molar-refractivity contribution in [2.75, 3.05) is 20.2 Å². The first-order valence-electron chi connectivity index (χ1n) is 13.7. The minimum Gasteiger partial charge on any atom is -0.497 e. The molecule has 1 aliphatic heterocycles. The van der Waals surface area contributed by atoms with Crippen LogP contribution in [0.4, 0.5) is 0 Å². The molecular formula is C30H30BClN6O5. The Kier molecular flexibility index (Phi) is 9.20. The molecule has 0 spiro atoms. The normalized spacial score (nSPS) is 13.7. The third-order valence-corrected chi connectivity index (χ3v) is 7.31. The maximum atomic E-state index is 13.1. The zero-order valence-corrected chi connectivity index (χ0v) is 24.4. The highest BCUT2D eigenvalue weighted by Crippen LogP contribution is 2.34. The Hall–Kier alpha value is -4.52. The highest BCUT2D eigenvalue weighted by Gasteiger charge is 2.30. The van der Waals surface area contributed by atoms with Gasteiger partial charge in [-0.25, -0.2) is 0 Å². The number of aromatic nitrogens is 3. The summed E-state index contributed by atoms with van der Waals surface area (Å²) in [6, 6.07) is 18.4. The second-order valence-corrected chi connectivity index (χ2v) is 10.4. The van der Waals surface area contributed by atoms with Gasteiger partial charge in [-0.05, 0) is 61.3 Å². The van der Waals surface area contributed by atoms with E-state index in [9.17, 15) is 19.6 Å². The van der Waals surface area contributed by atoms with Gasteiger partial charge < -0.3 is 25.4 Å². The van der Waals surface area contributed by atoms with E-state index in [-0.39, 0.29) is 18.2 Å². The molecule has 0 aliphatic carbocycles. The average Bonchev–Trinajstić information content (AvgIpc) is 3.33. The number of nitrogens with zero attached hydrogens (tertiary/aromatic N) is 4. The minimum atomic E-state index is -1.59. The highest BCUT2D eigenvalue weighted by atomic mass is 35.5. The highest BCUT2D eigenvalue weighted by molar-refractivity contribution is 6.58. The Bertz CT molecular complexity index is 1660. The van der Waals surface area contributed by atoms with Gasteiger partial charge in [0.2, 0.25) is 5.91 Å². The molecule has 4 N–H and O–H groups in total. The lowest BCUT2D eigenvalue weighted by Gasteiger charge is -2.14. The van der Waals surface area contributed by atoms with Gasteiger partial charge in [0, 0.05) is 34.8 Å². The van der Waals surface area contributed by atoms with Crippen molar-refractivity contribution in [1.82, 2.24) is 25.4 Å². The Labute approximate surface area is 253 Å².